The van der Waals surface area contributed by atoms with Gasteiger partial charge in [-0.2, -0.15) is 5.26 Å². The van der Waals surface area contributed by atoms with Gasteiger partial charge in [0, 0.05) is 0 Å². The first-order valence-electron chi connectivity index (χ1n) is 11.7. The van der Waals surface area contributed by atoms with Gasteiger partial charge in [0.15, 0.2) is 6.61 Å². The van der Waals surface area contributed by atoms with E-state index in [4.69, 9.17) is 4.74 Å². The highest BCUT2D eigenvalue weighted by molar-refractivity contribution is 7.92. The molecular formula is C28H29N3O5S. The fourth-order valence-corrected chi connectivity index (χ4v) is 4.91. The van der Waals surface area contributed by atoms with E-state index in [1.54, 1.807) is 51.1 Å². The van der Waals surface area contributed by atoms with Gasteiger partial charge in [-0.25, -0.2) is 13.2 Å². The summed E-state index contributed by atoms with van der Waals surface area (Å²) in [5.41, 5.74) is 0.134. The molecule has 192 valence electrons. The van der Waals surface area contributed by atoms with E-state index in [0.717, 1.165) is 5.56 Å². The number of nitrogens with zero attached hydrogens (tertiary/aromatic N) is 2. The minimum absolute atomic E-state index is 0.0199. The van der Waals surface area contributed by atoms with Gasteiger partial charge in [-0.3, -0.25) is 9.10 Å². The Bertz CT molecular complexity index is 1390. The smallest absolute Gasteiger partial charge is 0.338 e. The van der Waals surface area contributed by atoms with Gasteiger partial charge in [-0.1, -0.05) is 68.4 Å². The zero-order valence-corrected chi connectivity index (χ0v) is 21.7. The van der Waals surface area contributed by atoms with Crippen molar-refractivity contribution in [3.05, 3.63) is 96.1 Å². The molecule has 1 amide bonds. The lowest BCUT2D eigenvalue weighted by molar-refractivity contribution is -0.125. The van der Waals surface area contributed by atoms with Crippen LogP contribution in [0.1, 0.15) is 36.7 Å². The zero-order valence-electron chi connectivity index (χ0n) is 20.9. The van der Waals surface area contributed by atoms with Crippen LogP contribution < -0.4 is 9.62 Å². The number of hydrogen-bond acceptors (Lipinski definition) is 6. The molecule has 0 radical (unpaired) electrons. The lowest BCUT2D eigenvalue weighted by atomic mass is 9.90. The molecule has 0 aromatic heterocycles. The number of nitriles is 1. The molecular weight excluding hydrogens is 490 g/mol. The minimum Gasteiger partial charge on any atom is -0.452 e. The number of para-hydroxylation sites is 1. The summed E-state index contributed by atoms with van der Waals surface area (Å²) in [7, 11) is -4.07. The Labute approximate surface area is 217 Å². The molecule has 3 rings (SSSR count). The van der Waals surface area contributed by atoms with Crippen molar-refractivity contribution in [2.45, 2.75) is 37.8 Å². The highest BCUT2D eigenvalue weighted by atomic mass is 32.2. The number of sulfonamides is 1. The van der Waals surface area contributed by atoms with Gasteiger partial charge in [-0.05, 0) is 48.7 Å². The third-order valence-electron chi connectivity index (χ3n) is 5.99. The Kier molecular flexibility index (Phi) is 8.69. The van der Waals surface area contributed by atoms with Crippen molar-refractivity contribution in [1.29, 1.82) is 5.26 Å². The second-order valence-electron chi connectivity index (χ2n) is 8.95. The third kappa shape index (κ3) is 6.74. The van der Waals surface area contributed by atoms with Crippen LogP contribution in [0.15, 0.2) is 89.8 Å². The van der Waals surface area contributed by atoms with Crippen molar-refractivity contribution in [2.24, 2.45) is 5.92 Å². The summed E-state index contributed by atoms with van der Waals surface area (Å²) in [5, 5.41) is 11.9. The van der Waals surface area contributed by atoms with Gasteiger partial charge < -0.3 is 10.1 Å². The average Bonchev–Trinajstić information content (AvgIpc) is 2.91. The number of carbonyl (C=O) groups is 2. The number of amides is 1. The molecule has 0 saturated heterocycles. The summed E-state index contributed by atoms with van der Waals surface area (Å²) in [6, 6.07) is 25.4. The molecule has 0 aliphatic heterocycles. The second kappa shape index (κ2) is 11.7. The Balaban J connectivity index is 1.82. The third-order valence-corrected chi connectivity index (χ3v) is 7.76. The first-order valence-corrected chi connectivity index (χ1v) is 13.1. The summed E-state index contributed by atoms with van der Waals surface area (Å²) in [6.07, 6.45) is 0. The maximum absolute atomic E-state index is 13.7. The molecule has 0 fully saturated rings. The number of rotatable bonds is 10. The van der Waals surface area contributed by atoms with Crippen LogP contribution in [0.2, 0.25) is 0 Å². The number of ether oxygens (including phenoxy) is 1. The Morgan fingerprint density at radius 3 is 2.22 bits per heavy atom. The van der Waals surface area contributed by atoms with Crippen molar-refractivity contribution in [3.63, 3.8) is 0 Å². The molecule has 0 aliphatic rings. The molecule has 1 atom stereocenters. The van der Waals surface area contributed by atoms with Crippen LogP contribution in [-0.2, 0) is 26.1 Å². The highest BCUT2D eigenvalue weighted by Crippen LogP contribution is 2.26. The van der Waals surface area contributed by atoms with E-state index in [2.05, 4.69) is 5.32 Å². The first-order chi connectivity index (χ1) is 17.6. The first kappa shape index (κ1) is 27.4. The van der Waals surface area contributed by atoms with E-state index < -0.39 is 34.0 Å². The van der Waals surface area contributed by atoms with Crippen molar-refractivity contribution in [2.75, 3.05) is 10.9 Å². The molecule has 3 aromatic carbocycles. The molecule has 8 nitrogen and oxygen atoms in total. The SMILES string of the molecule is CC(C)[C@@](C)(C#N)NC(=O)COC(=O)c1cccc(S(=O)(=O)N(Cc2ccccc2)c2ccccc2)c1. The largest absolute Gasteiger partial charge is 0.452 e. The summed E-state index contributed by atoms with van der Waals surface area (Å²) in [5.74, 6) is -1.65. The Hall–Kier alpha value is -4.16. The number of benzene rings is 3. The molecule has 0 spiro atoms. The monoisotopic (exact) mass is 519 g/mol. The quantitative estimate of drug-likeness (QED) is 0.399. The fourth-order valence-electron chi connectivity index (χ4n) is 3.41. The molecule has 3 aromatic rings. The number of carbonyl (C=O) groups excluding carboxylic acids is 2. The van der Waals surface area contributed by atoms with Crippen LogP contribution in [-0.4, -0.2) is 32.4 Å². The van der Waals surface area contributed by atoms with Crippen LogP contribution in [0.5, 0.6) is 0 Å². The van der Waals surface area contributed by atoms with Crippen LogP contribution in [0.3, 0.4) is 0 Å². The van der Waals surface area contributed by atoms with Gasteiger partial charge in [-0.15, -0.1) is 0 Å². The van der Waals surface area contributed by atoms with Gasteiger partial charge in [0.1, 0.15) is 5.54 Å². The van der Waals surface area contributed by atoms with Gasteiger partial charge in [0.2, 0.25) is 0 Å². The topological polar surface area (TPSA) is 117 Å². The van der Waals surface area contributed by atoms with Crippen LogP contribution in [0.25, 0.3) is 0 Å². The lowest BCUT2D eigenvalue weighted by Crippen LogP contribution is -2.50. The molecule has 0 saturated carbocycles. The Morgan fingerprint density at radius 1 is 1.00 bits per heavy atom. The molecule has 0 unspecified atom stereocenters. The number of hydrogen-bond donors (Lipinski definition) is 1. The predicted octanol–water partition coefficient (Wildman–Crippen LogP) is 4.29. The van der Waals surface area contributed by atoms with Gasteiger partial charge in [0.05, 0.1) is 28.8 Å². The maximum Gasteiger partial charge on any atom is 0.338 e. The van der Waals surface area contributed by atoms with E-state index in [9.17, 15) is 23.3 Å². The number of nitrogens with one attached hydrogen (secondary N) is 1. The van der Waals surface area contributed by atoms with Crippen molar-refractivity contribution < 1.29 is 22.7 Å². The average molecular weight is 520 g/mol. The normalized spacial score (nSPS) is 12.7. The van der Waals surface area contributed by atoms with E-state index in [1.807, 2.05) is 36.4 Å². The standard InChI is InChI=1S/C28H29N3O5S/c1-21(2)28(3,20-29)30-26(32)19-36-27(33)23-13-10-16-25(17-23)37(34,35)31(24-14-8-5-9-15-24)18-22-11-6-4-7-12-22/h4-17,21H,18-19H2,1-3H3,(H,30,32)/t28-/m1/s1. The highest BCUT2D eigenvalue weighted by Gasteiger charge is 2.30. The van der Waals surface area contributed by atoms with Crippen LogP contribution in [0, 0.1) is 17.2 Å². The second-order valence-corrected chi connectivity index (χ2v) is 10.8. The molecule has 0 aliphatic carbocycles. The predicted molar refractivity (Wildman–Crippen MR) is 140 cm³/mol. The van der Waals surface area contributed by atoms with Gasteiger partial charge >= 0.3 is 5.97 Å². The molecule has 9 heteroatoms. The molecule has 0 heterocycles. The Morgan fingerprint density at radius 2 is 1.62 bits per heavy atom. The van der Waals surface area contributed by atoms with Crippen molar-refractivity contribution >= 4 is 27.6 Å². The lowest BCUT2D eigenvalue weighted by Gasteiger charge is -2.27. The molecule has 0 bridgehead atoms. The molecule has 37 heavy (non-hydrogen) atoms. The minimum atomic E-state index is -4.07. The van der Waals surface area contributed by atoms with Gasteiger partial charge in [0.25, 0.3) is 15.9 Å². The van der Waals surface area contributed by atoms with Crippen molar-refractivity contribution in [3.8, 4) is 6.07 Å². The van der Waals surface area contributed by atoms with E-state index >= 15 is 0 Å². The van der Waals surface area contributed by atoms with Crippen LogP contribution >= 0.6 is 0 Å². The van der Waals surface area contributed by atoms with E-state index in [1.165, 1.54) is 28.6 Å². The fraction of sp³-hybridized carbons (Fsp3) is 0.250. The zero-order chi connectivity index (χ0) is 27.1. The van der Waals surface area contributed by atoms with E-state index in [-0.39, 0.29) is 22.9 Å². The summed E-state index contributed by atoms with van der Waals surface area (Å²) in [6.45, 7) is 4.65. The van der Waals surface area contributed by atoms with Crippen molar-refractivity contribution in [1.82, 2.24) is 5.32 Å². The number of esters is 1. The molecule has 1 N–H and O–H groups in total. The summed E-state index contributed by atoms with van der Waals surface area (Å²) >= 11 is 0. The maximum atomic E-state index is 13.7. The van der Waals surface area contributed by atoms with Crippen LogP contribution in [0.4, 0.5) is 5.69 Å². The number of anilines is 1. The van der Waals surface area contributed by atoms with E-state index in [0.29, 0.717) is 5.69 Å². The summed E-state index contributed by atoms with van der Waals surface area (Å²) in [4.78, 5) is 24.8. The summed E-state index contributed by atoms with van der Waals surface area (Å²) < 4.78 is 33.8.